The fourth-order valence-corrected chi connectivity index (χ4v) is 0.949. The largest absolute Gasteiger partial charge is 0.392 e. The van der Waals surface area contributed by atoms with Gasteiger partial charge in [-0.3, -0.25) is 0 Å². The average Bonchev–Trinajstić information content (AvgIpc) is 2.09. The van der Waals surface area contributed by atoms with E-state index < -0.39 is 0 Å². The molecule has 0 aromatic rings. The monoisotopic (exact) mass is 203 g/mol. The molecule has 0 aliphatic carbocycles. The highest BCUT2D eigenvalue weighted by Crippen LogP contribution is 1.98. The van der Waals surface area contributed by atoms with Crippen LogP contribution in [0.1, 0.15) is 27.7 Å². The summed E-state index contributed by atoms with van der Waals surface area (Å²) in [5, 5.41) is 12.6. The molecule has 0 aliphatic heterocycles. The summed E-state index contributed by atoms with van der Waals surface area (Å²) in [6.45, 7) is 11.3. The van der Waals surface area contributed by atoms with Crippen molar-refractivity contribution >= 4 is 0 Å². The first kappa shape index (κ1) is 13.9. The molecule has 0 aromatic heterocycles. The lowest BCUT2D eigenvalue weighted by atomic mass is 10.1. The Bertz CT molecular complexity index is 126. The lowest BCUT2D eigenvalue weighted by molar-refractivity contribution is 0.0986. The Balaban J connectivity index is 3.13. The fourth-order valence-electron chi connectivity index (χ4n) is 0.949. The van der Waals surface area contributed by atoms with Crippen LogP contribution in [0.4, 0.5) is 0 Å². The maximum atomic E-state index is 9.47. The molecular formula is C11H25NO2. The summed E-state index contributed by atoms with van der Waals surface area (Å²) in [6, 6.07) is 0. The Kier molecular flexibility index (Phi) is 8.14. The summed E-state index contributed by atoms with van der Waals surface area (Å²) in [6.07, 6.45) is -0.250. The molecule has 0 aliphatic rings. The van der Waals surface area contributed by atoms with Gasteiger partial charge in [-0.05, 0) is 11.8 Å². The van der Waals surface area contributed by atoms with E-state index in [-0.39, 0.29) is 6.10 Å². The first-order valence-electron chi connectivity index (χ1n) is 5.50. The van der Waals surface area contributed by atoms with Gasteiger partial charge in [0.2, 0.25) is 0 Å². The highest BCUT2D eigenvalue weighted by Gasteiger charge is 2.07. The summed E-state index contributed by atoms with van der Waals surface area (Å²) in [7, 11) is 0. The standard InChI is InChI=1S/C11H25NO2/c1-9(2)8-14-6-5-12-7-11(13)10(3)4/h9-13H,5-8H2,1-4H3. The lowest BCUT2D eigenvalue weighted by Gasteiger charge is -2.15. The molecule has 14 heavy (non-hydrogen) atoms. The molecule has 0 aromatic carbocycles. The molecule has 0 heterocycles. The summed E-state index contributed by atoms with van der Waals surface area (Å²) < 4.78 is 5.39. The minimum absolute atomic E-state index is 0.250. The van der Waals surface area contributed by atoms with Gasteiger partial charge in [-0.25, -0.2) is 0 Å². The van der Waals surface area contributed by atoms with Crippen LogP contribution in [0, 0.1) is 11.8 Å². The second kappa shape index (κ2) is 8.21. The van der Waals surface area contributed by atoms with E-state index in [0.717, 1.165) is 19.8 Å². The van der Waals surface area contributed by atoms with Crippen molar-refractivity contribution in [3.63, 3.8) is 0 Å². The zero-order valence-electron chi connectivity index (χ0n) is 9.92. The Morgan fingerprint density at radius 3 is 2.36 bits per heavy atom. The number of rotatable bonds is 8. The van der Waals surface area contributed by atoms with E-state index in [4.69, 9.17) is 4.74 Å². The molecule has 0 bridgehead atoms. The number of ether oxygens (including phenoxy) is 1. The van der Waals surface area contributed by atoms with E-state index in [9.17, 15) is 5.11 Å². The van der Waals surface area contributed by atoms with E-state index in [1.54, 1.807) is 0 Å². The molecule has 0 spiro atoms. The molecule has 0 radical (unpaired) electrons. The first-order chi connectivity index (χ1) is 6.54. The maximum Gasteiger partial charge on any atom is 0.0687 e. The van der Waals surface area contributed by atoms with Crippen molar-refractivity contribution in [2.75, 3.05) is 26.3 Å². The topological polar surface area (TPSA) is 41.5 Å². The number of aliphatic hydroxyl groups is 1. The normalized spacial score (nSPS) is 13.9. The highest BCUT2D eigenvalue weighted by atomic mass is 16.5. The van der Waals surface area contributed by atoms with Gasteiger partial charge >= 0.3 is 0 Å². The van der Waals surface area contributed by atoms with Gasteiger partial charge in [-0.15, -0.1) is 0 Å². The molecular weight excluding hydrogens is 178 g/mol. The zero-order valence-corrected chi connectivity index (χ0v) is 9.92. The SMILES string of the molecule is CC(C)COCCNCC(O)C(C)C. The van der Waals surface area contributed by atoms with Crippen LogP contribution in [0.5, 0.6) is 0 Å². The summed E-state index contributed by atoms with van der Waals surface area (Å²) in [4.78, 5) is 0. The lowest BCUT2D eigenvalue weighted by Crippen LogP contribution is -2.32. The number of aliphatic hydroxyl groups excluding tert-OH is 1. The number of nitrogens with one attached hydrogen (secondary N) is 1. The van der Waals surface area contributed by atoms with Crippen molar-refractivity contribution in [1.29, 1.82) is 0 Å². The van der Waals surface area contributed by atoms with Crippen LogP contribution < -0.4 is 5.32 Å². The van der Waals surface area contributed by atoms with Crippen molar-refractivity contribution in [3.8, 4) is 0 Å². The molecule has 3 heteroatoms. The maximum absolute atomic E-state index is 9.47. The number of hydrogen-bond donors (Lipinski definition) is 2. The quantitative estimate of drug-likeness (QED) is 0.584. The van der Waals surface area contributed by atoms with Crippen LogP contribution in [0.2, 0.25) is 0 Å². The molecule has 0 saturated heterocycles. The van der Waals surface area contributed by atoms with Crippen LogP contribution in [0.25, 0.3) is 0 Å². The van der Waals surface area contributed by atoms with Gasteiger partial charge < -0.3 is 15.2 Å². The van der Waals surface area contributed by atoms with Gasteiger partial charge in [0.25, 0.3) is 0 Å². The molecule has 2 N–H and O–H groups in total. The van der Waals surface area contributed by atoms with E-state index in [2.05, 4.69) is 19.2 Å². The third kappa shape index (κ3) is 8.48. The Labute approximate surface area is 87.8 Å². The Morgan fingerprint density at radius 2 is 1.86 bits per heavy atom. The molecule has 1 atom stereocenters. The summed E-state index contributed by atoms with van der Waals surface area (Å²) in [5.74, 6) is 0.912. The second-order valence-electron chi connectivity index (χ2n) is 4.48. The molecule has 0 fully saturated rings. The Hall–Kier alpha value is -0.120. The van der Waals surface area contributed by atoms with Crippen molar-refractivity contribution in [3.05, 3.63) is 0 Å². The smallest absolute Gasteiger partial charge is 0.0687 e. The van der Waals surface area contributed by atoms with E-state index in [1.807, 2.05) is 13.8 Å². The van der Waals surface area contributed by atoms with Gasteiger partial charge in [-0.2, -0.15) is 0 Å². The minimum atomic E-state index is -0.250. The van der Waals surface area contributed by atoms with Gasteiger partial charge in [0, 0.05) is 19.7 Å². The second-order valence-corrected chi connectivity index (χ2v) is 4.48. The third-order valence-corrected chi connectivity index (χ3v) is 2.00. The minimum Gasteiger partial charge on any atom is -0.392 e. The van der Waals surface area contributed by atoms with E-state index in [0.29, 0.717) is 18.4 Å². The fraction of sp³-hybridized carbons (Fsp3) is 1.00. The predicted molar refractivity (Wildman–Crippen MR) is 59.4 cm³/mol. The van der Waals surface area contributed by atoms with Crippen LogP contribution in [-0.2, 0) is 4.74 Å². The zero-order chi connectivity index (χ0) is 11.0. The third-order valence-electron chi connectivity index (χ3n) is 2.00. The average molecular weight is 203 g/mol. The predicted octanol–water partition coefficient (Wildman–Crippen LogP) is 1.27. The molecule has 86 valence electrons. The van der Waals surface area contributed by atoms with Crippen molar-refractivity contribution in [1.82, 2.24) is 5.32 Å². The van der Waals surface area contributed by atoms with Crippen molar-refractivity contribution in [2.45, 2.75) is 33.8 Å². The molecule has 3 nitrogen and oxygen atoms in total. The molecule has 0 rings (SSSR count). The van der Waals surface area contributed by atoms with E-state index >= 15 is 0 Å². The number of hydrogen-bond acceptors (Lipinski definition) is 3. The van der Waals surface area contributed by atoms with Gasteiger partial charge in [0.05, 0.1) is 12.7 Å². The summed E-state index contributed by atoms with van der Waals surface area (Å²) >= 11 is 0. The molecule has 0 saturated carbocycles. The van der Waals surface area contributed by atoms with Crippen molar-refractivity contribution in [2.24, 2.45) is 11.8 Å². The van der Waals surface area contributed by atoms with Crippen LogP contribution >= 0.6 is 0 Å². The van der Waals surface area contributed by atoms with Gasteiger partial charge in [0.1, 0.15) is 0 Å². The van der Waals surface area contributed by atoms with Crippen LogP contribution in [-0.4, -0.2) is 37.5 Å². The van der Waals surface area contributed by atoms with E-state index in [1.165, 1.54) is 0 Å². The summed E-state index contributed by atoms with van der Waals surface area (Å²) in [5.41, 5.74) is 0. The van der Waals surface area contributed by atoms with Crippen molar-refractivity contribution < 1.29 is 9.84 Å². The molecule has 0 amide bonds. The Morgan fingerprint density at radius 1 is 1.21 bits per heavy atom. The van der Waals surface area contributed by atoms with Crippen LogP contribution in [0.3, 0.4) is 0 Å². The highest BCUT2D eigenvalue weighted by molar-refractivity contribution is 4.62. The van der Waals surface area contributed by atoms with Gasteiger partial charge in [-0.1, -0.05) is 27.7 Å². The van der Waals surface area contributed by atoms with Gasteiger partial charge in [0.15, 0.2) is 0 Å². The van der Waals surface area contributed by atoms with Crippen LogP contribution in [0.15, 0.2) is 0 Å². The first-order valence-corrected chi connectivity index (χ1v) is 5.50. The molecule has 1 unspecified atom stereocenters.